The zero-order valence-electron chi connectivity index (χ0n) is 27.0. The van der Waals surface area contributed by atoms with Crippen molar-refractivity contribution in [1.82, 2.24) is 19.9 Å². The van der Waals surface area contributed by atoms with Gasteiger partial charge in [-0.25, -0.2) is 4.98 Å². The first-order chi connectivity index (χ1) is 24.6. The van der Waals surface area contributed by atoms with Gasteiger partial charge >= 0.3 is 0 Å². The summed E-state index contributed by atoms with van der Waals surface area (Å²) in [6.07, 6.45) is 3.82. The summed E-state index contributed by atoms with van der Waals surface area (Å²) < 4.78 is 0. The molecule has 4 N–H and O–H groups in total. The summed E-state index contributed by atoms with van der Waals surface area (Å²) in [5, 5.41) is 23.3. The monoisotopic (exact) mass is 648 g/mol. The number of benzene rings is 4. The lowest BCUT2D eigenvalue weighted by Crippen LogP contribution is -2.34. The summed E-state index contributed by atoms with van der Waals surface area (Å²) in [5.74, 6) is -0.791. The predicted molar refractivity (Wildman–Crippen MR) is 200 cm³/mol. The lowest BCUT2D eigenvalue weighted by molar-refractivity contribution is 0.414. The Hall–Kier alpha value is -6.66. The van der Waals surface area contributed by atoms with Crippen molar-refractivity contribution in [3.63, 3.8) is 0 Å². The normalized spacial score (nSPS) is 14.8. The molecule has 5 heterocycles. The minimum atomic E-state index is -0.880. The molecule has 4 aromatic carbocycles. The number of nitrogens with zero attached hydrogens (tertiary/aromatic N) is 2. The second-order valence-electron chi connectivity index (χ2n) is 12.7. The van der Waals surface area contributed by atoms with E-state index in [-0.39, 0.29) is 17.4 Å². The van der Waals surface area contributed by atoms with Crippen LogP contribution in [0.5, 0.6) is 11.5 Å². The van der Waals surface area contributed by atoms with E-state index < -0.39 is 5.41 Å². The Kier molecular flexibility index (Phi) is 6.95. The number of aromatic amines is 2. The molecule has 2 aliphatic heterocycles. The summed E-state index contributed by atoms with van der Waals surface area (Å²) >= 11 is 0. The maximum Gasteiger partial charge on any atom is 0.184 e. The summed E-state index contributed by atoms with van der Waals surface area (Å²) in [6, 6.07) is 51.5. The van der Waals surface area contributed by atoms with Gasteiger partial charge in [0.25, 0.3) is 0 Å². The van der Waals surface area contributed by atoms with E-state index in [0.29, 0.717) is 22.3 Å². The van der Waals surface area contributed by atoms with Crippen molar-refractivity contribution >= 4 is 34.2 Å². The van der Waals surface area contributed by atoms with Crippen molar-refractivity contribution in [2.24, 2.45) is 0 Å². The van der Waals surface area contributed by atoms with Crippen LogP contribution in [0.4, 0.5) is 0 Å². The van der Waals surface area contributed by atoms with Gasteiger partial charge in [0.2, 0.25) is 0 Å². The molecule has 1 unspecified atom stereocenters. The van der Waals surface area contributed by atoms with E-state index in [0.717, 1.165) is 50.4 Å². The van der Waals surface area contributed by atoms with E-state index >= 15 is 0 Å². The van der Waals surface area contributed by atoms with Crippen molar-refractivity contribution in [2.75, 3.05) is 0 Å². The molecule has 0 aliphatic carbocycles. The Bertz CT molecular complexity index is 2520. The maximum absolute atomic E-state index is 11.9. The van der Waals surface area contributed by atoms with Crippen LogP contribution in [0.2, 0.25) is 0 Å². The van der Waals surface area contributed by atoms with Gasteiger partial charge in [-0.3, -0.25) is 4.98 Å². The van der Waals surface area contributed by atoms with Crippen LogP contribution in [0.25, 0.3) is 45.3 Å². The molecule has 0 amide bonds. The molecule has 8 bridgehead atoms. The molecule has 50 heavy (non-hydrogen) atoms. The quantitative estimate of drug-likeness (QED) is 0.153. The molecule has 240 valence electrons. The number of hydrogen-bond acceptors (Lipinski definition) is 4. The maximum atomic E-state index is 11.9. The zero-order valence-corrected chi connectivity index (χ0v) is 27.0. The van der Waals surface area contributed by atoms with E-state index in [9.17, 15) is 10.2 Å². The van der Waals surface area contributed by atoms with Crippen LogP contribution in [-0.4, -0.2) is 30.1 Å². The summed E-state index contributed by atoms with van der Waals surface area (Å²) in [4.78, 5) is 17.4. The van der Waals surface area contributed by atoms with E-state index in [1.165, 1.54) is 0 Å². The minimum Gasteiger partial charge on any atom is -0.503 e. The third-order valence-corrected chi connectivity index (χ3v) is 9.77. The fourth-order valence-electron chi connectivity index (χ4n) is 7.66. The topological polar surface area (TPSA) is 97.8 Å². The van der Waals surface area contributed by atoms with Crippen molar-refractivity contribution in [1.29, 1.82) is 0 Å². The number of aromatic hydroxyl groups is 2. The van der Waals surface area contributed by atoms with Crippen LogP contribution >= 0.6 is 0 Å². The molecule has 1 atom stereocenters. The molecule has 0 fully saturated rings. The van der Waals surface area contributed by atoms with E-state index in [2.05, 4.69) is 94.9 Å². The SMILES string of the molecule is Oc1c(O)c2[nH]c1cc1nc(cc3ccc(cc4nc(c2-c2ccccc2)C(c2ccccc2)(c2ccccc2)C4c2ccccc2)[nH]3)C=C1. The Morgan fingerprint density at radius 2 is 1.10 bits per heavy atom. The number of fused-ring (bicyclic) bond motifs is 8. The van der Waals surface area contributed by atoms with Crippen LogP contribution in [0.15, 0.2) is 152 Å². The van der Waals surface area contributed by atoms with Crippen LogP contribution in [0, 0.1) is 0 Å². The van der Waals surface area contributed by atoms with Crippen LogP contribution < -0.4 is 0 Å². The van der Waals surface area contributed by atoms with Gasteiger partial charge in [-0.05, 0) is 64.7 Å². The second kappa shape index (κ2) is 11.8. The van der Waals surface area contributed by atoms with Gasteiger partial charge in [-0.1, -0.05) is 121 Å². The average molecular weight is 649 g/mol. The molecule has 9 rings (SSSR count). The molecule has 6 heteroatoms. The Balaban J connectivity index is 1.57. The number of hydrogen-bond donors (Lipinski definition) is 4. The smallest absolute Gasteiger partial charge is 0.184 e. The van der Waals surface area contributed by atoms with E-state index in [4.69, 9.17) is 9.97 Å². The Morgan fingerprint density at radius 3 is 1.74 bits per heavy atom. The molecule has 6 nitrogen and oxygen atoms in total. The van der Waals surface area contributed by atoms with E-state index in [1.807, 2.05) is 72.8 Å². The third-order valence-electron chi connectivity index (χ3n) is 9.77. The lowest BCUT2D eigenvalue weighted by atomic mass is 9.61. The van der Waals surface area contributed by atoms with Crippen molar-refractivity contribution in [3.05, 3.63) is 191 Å². The fraction of sp³-hybridized carbons (Fsp3) is 0.0455. The molecule has 0 spiro atoms. The van der Waals surface area contributed by atoms with Gasteiger partial charge in [0, 0.05) is 22.5 Å². The van der Waals surface area contributed by atoms with Crippen LogP contribution in [-0.2, 0) is 5.41 Å². The zero-order chi connectivity index (χ0) is 33.7. The third kappa shape index (κ3) is 4.72. The molecule has 2 aliphatic rings. The molecule has 0 saturated carbocycles. The van der Waals surface area contributed by atoms with Gasteiger partial charge in [-0.2, -0.15) is 0 Å². The van der Waals surface area contributed by atoms with Crippen molar-refractivity contribution in [2.45, 2.75) is 11.3 Å². The average Bonchev–Trinajstić information content (AvgIpc) is 3.94. The Morgan fingerprint density at radius 1 is 0.540 bits per heavy atom. The fourth-order valence-corrected chi connectivity index (χ4v) is 7.66. The van der Waals surface area contributed by atoms with E-state index in [1.54, 1.807) is 6.07 Å². The number of aromatic nitrogens is 4. The first-order valence-corrected chi connectivity index (χ1v) is 16.7. The highest BCUT2D eigenvalue weighted by atomic mass is 16.3. The standard InChI is InChI=1S/C44H32N4O2/c49-41-37-27-35-24-22-33(46-35)25-32-21-23-34(45-32)26-36-39(29-15-7-2-8-16-29)44(30-17-9-3-10-18-30,31-19-11-4-12-20-31)43(48-36)38(40(47-37)42(41)50)28-13-5-1-6-14-28/h1-27,39,45,47,49-50H. The first-order valence-electron chi connectivity index (χ1n) is 16.7. The largest absolute Gasteiger partial charge is 0.503 e. The van der Waals surface area contributed by atoms with Gasteiger partial charge in [0.1, 0.15) is 0 Å². The number of nitrogens with one attached hydrogen (secondary N) is 2. The van der Waals surface area contributed by atoms with Gasteiger partial charge in [0.15, 0.2) is 11.5 Å². The number of rotatable bonds is 4. The second-order valence-corrected chi connectivity index (χ2v) is 12.7. The summed E-state index contributed by atoms with van der Waals surface area (Å²) in [7, 11) is 0. The predicted octanol–water partition coefficient (Wildman–Crippen LogP) is 9.73. The van der Waals surface area contributed by atoms with Crippen molar-refractivity contribution < 1.29 is 10.2 Å². The van der Waals surface area contributed by atoms with Gasteiger partial charge < -0.3 is 20.2 Å². The molecule has 7 aromatic rings. The van der Waals surface area contributed by atoms with Crippen LogP contribution in [0.1, 0.15) is 45.4 Å². The highest BCUT2D eigenvalue weighted by molar-refractivity contribution is 5.94. The summed E-state index contributed by atoms with van der Waals surface area (Å²) in [5.41, 5.74) is 9.36. The lowest BCUT2D eigenvalue weighted by Gasteiger charge is -2.38. The number of H-pyrrole nitrogens is 2. The highest BCUT2D eigenvalue weighted by Crippen LogP contribution is 2.57. The summed E-state index contributed by atoms with van der Waals surface area (Å²) in [6.45, 7) is 0. The molecular formula is C44H32N4O2. The van der Waals surface area contributed by atoms with Crippen LogP contribution in [0.3, 0.4) is 0 Å². The molecular weight excluding hydrogens is 617 g/mol. The Labute approximate surface area is 288 Å². The van der Waals surface area contributed by atoms with Crippen molar-refractivity contribution in [3.8, 4) is 22.6 Å². The van der Waals surface area contributed by atoms with Gasteiger partial charge in [0.05, 0.1) is 39.2 Å². The molecule has 0 saturated heterocycles. The van der Waals surface area contributed by atoms with Gasteiger partial charge in [-0.15, -0.1) is 0 Å². The first kappa shape index (κ1) is 29.5. The highest BCUT2D eigenvalue weighted by Gasteiger charge is 2.52. The molecule has 0 radical (unpaired) electrons. The molecule has 3 aromatic heterocycles. The minimum absolute atomic E-state index is 0.251.